The van der Waals surface area contributed by atoms with E-state index in [1.165, 1.54) is 0 Å². The van der Waals surface area contributed by atoms with Crippen molar-refractivity contribution in [2.75, 3.05) is 6.54 Å². The minimum absolute atomic E-state index is 0.330. The van der Waals surface area contributed by atoms with Crippen molar-refractivity contribution in [3.8, 4) is 0 Å². The predicted molar refractivity (Wildman–Crippen MR) is 44.2 cm³/mol. The average Bonchev–Trinajstić information content (AvgIpc) is 2.03. The fraction of sp³-hybridized carbons (Fsp3) is 0.500. The van der Waals surface area contributed by atoms with Gasteiger partial charge in [0, 0.05) is 23.9 Å². The summed E-state index contributed by atoms with van der Waals surface area (Å²) in [4.78, 5) is 8.12. The number of nitrogens with two attached hydrogens (primary N) is 1. The third-order valence-corrected chi connectivity index (χ3v) is 1.68. The van der Waals surface area contributed by atoms with Gasteiger partial charge in [-0.05, 0) is 13.0 Å². The zero-order valence-corrected chi connectivity index (χ0v) is 6.91. The Kier molecular flexibility index (Phi) is 2.54. The first-order chi connectivity index (χ1) is 5.24. The summed E-state index contributed by atoms with van der Waals surface area (Å²) in [6.07, 6.45) is 1.58. The standard InChI is InChI=1S/C8H13N3/c1-6(4-9)8-3-7(2)10-5-11-8/h3,5-6H,4,9H2,1-2H3. The van der Waals surface area contributed by atoms with Crippen molar-refractivity contribution in [3.63, 3.8) is 0 Å². The lowest BCUT2D eigenvalue weighted by atomic mass is 10.1. The van der Waals surface area contributed by atoms with E-state index in [2.05, 4.69) is 16.9 Å². The maximum atomic E-state index is 5.49. The molecular weight excluding hydrogens is 138 g/mol. The van der Waals surface area contributed by atoms with Crippen molar-refractivity contribution in [1.29, 1.82) is 0 Å². The number of aromatic nitrogens is 2. The molecule has 0 aliphatic rings. The van der Waals surface area contributed by atoms with E-state index >= 15 is 0 Å². The second-order valence-corrected chi connectivity index (χ2v) is 2.72. The van der Waals surface area contributed by atoms with Crippen LogP contribution in [0.5, 0.6) is 0 Å². The monoisotopic (exact) mass is 151 g/mol. The normalized spacial score (nSPS) is 13.0. The molecule has 0 bridgehead atoms. The molecule has 0 fully saturated rings. The van der Waals surface area contributed by atoms with Crippen LogP contribution in [-0.4, -0.2) is 16.5 Å². The Bertz CT molecular complexity index is 235. The maximum absolute atomic E-state index is 5.49. The molecular formula is C8H13N3. The Hall–Kier alpha value is -0.960. The van der Waals surface area contributed by atoms with Crippen LogP contribution in [0.1, 0.15) is 24.2 Å². The second kappa shape index (κ2) is 3.44. The summed E-state index contributed by atoms with van der Waals surface area (Å²) in [5.74, 6) is 0.330. The summed E-state index contributed by atoms with van der Waals surface area (Å²) < 4.78 is 0. The van der Waals surface area contributed by atoms with Crippen LogP contribution in [0.15, 0.2) is 12.4 Å². The highest BCUT2D eigenvalue weighted by molar-refractivity contribution is 5.10. The minimum atomic E-state index is 0.330. The topological polar surface area (TPSA) is 51.8 Å². The first-order valence-electron chi connectivity index (χ1n) is 3.72. The van der Waals surface area contributed by atoms with Gasteiger partial charge in [0.15, 0.2) is 0 Å². The molecule has 1 aromatic heterocycles. The van der Waals surface area contributed by atoms with Crippen LogP contribution in [0.4, 0.5) is 0 Å². The van der Waals surface area contributed by atoms with Crippen molar-refractivity contribution in [2.24, 2.45) is 5.73 Å². The number of hydrogen-bond donors (Lipinski definition) is 1. The van der Waals surface area contributed by atoms with Gasteiger partial charge in [-0.2, -0.15) is 0 Å². The van der Waals surface area contributed by atoms with Gasteiger partial charge in [-0.3, -0.25) is 0 Å². The summed E-state index contributed by atoms with van der Waals surface area (Å²) in [5.41, 5.74) is 7.52. The van der Waals surface area contributed by atoms with Gasteiger partial charge in [-0.15, -0.1) is 0 Å². The highest BCUT2D eigenvalue weighted by Gasteiger charge is 2.03. The van der Waals surface area contributed by atoms with Crippen LogP contribution in [0.3, 0.4) is 0 Å². The molecule has 1 unspecified atom stereocenters. The van der Waals surface area contributed by atoms with Gasteiger partial charge in [-0.1, -0.05) is 6.92 Å². The SMILES string of the molecule is Cc1cc(C(C)CN)ncn1. The van der Waals surface area contributed by atoms with Crippen molar-refractivity contribution >= 4 is 0 Å². The van der Waals surface area contributed by atoms with Crippen molar-refractivity contribution in [1.82, 2.24) is 9.97 Å². The first-order valence-corrected chi connectivity index (χ1v) is 3.72. The largest absolute Gasteiger partial charge is 0.330 e. The van der Waals surface area contributed by atoms with Gasteiger partial charge in [-0.25, -0.2) is 9.97 Å². The highest BCUT2D eigenvalue weighted by atomic mass is 14.8. The van der Waals surface area contributed by atoms with Crippen LogP contribution in [0.25, 0.3) is 0 Å². The van der Waals surface area contributed by atoms with E-state index < -0.39 is 0 Å². The number of rotatable bonds is 2. The Morgan fingerprint density at radius 3 is 2.82 bits per heavy atom. The van der Waals surface area contributed by atoms with Gasteiger partial charge < -0.3 is 5.73 Å². The van der Waals surface area contributed by atoms with Crippen LogP contribution >= 0.6 is 0 Å². The highest BCUT2D eigenvalue weighted by Crippen LogP contribution is 2.09. The second-order valence-electron chi connectivity index (χ2n) is 2.72. The zero-order chi connectivity index (χ0) is 8.27. The lowest BCUT2D eigenvalue weighted by Gasteiger charge is -2.06. The van der Waals surface area contributed by atoms with Gasteiger partial charge in [0.25, 0.3) is 0 Å². The lowest BCUT2D eigenvalue weighted by Crippen LogP contribution is -2.10. The summed E-state index contributed by atoms with van der Waals surface area (Å²) in [6, 6.07) is 1.97. The Labute approximate surface area is 66.7 Å². The predicted octanol–water partition coefficient (Wildman–Crippen LogP) is 0.847. The minimum Gasteiger partial charge on any atom is -0.330 e. The van der Waals surface area contributed by atoms with Crippen LogP contribution < -0.4 is 5.73 Å². The molecule has 1 heterocycles. The fourth-order valence-electron chi connectivity index (χ4n) is 0.865. The van der Waals surface area contributed by atoms with E-state index in [1.54, 1.807) is 6.33 Å². The molecule has 1 atom stereocenters. The molecule has 1 rings (SSSR count). The molecule has 0 aromatic carbocycles. The van der Waals surface area contributed by atoms with Crippen molar-refractivity contribution in [2.45, 2.75) is 19.8 Å². The molecule has 0 aliphatic heterocycles. The Balaban J connectivity index is 2.86. The van der Waals surface area contributed by atoms with E-state index in [4.69, 9.17) is 5.73 Å². The van der Waals surface area contributed by atoms with Crippen LogP contribution in [0, 0.1) is 6.92 Å². The van der Waals surface area contributed by atoms with Gasteiger partial charge >= 0.3 is 0 Å². The molecule has 0 radical (unpaired) electrons. The third-order valence-electron chi connectivity index (χ3n) is 1.68. The number of hydrogen-bond acceptors (Lipinski definition) is 3. The molecule has 0 saturated carbocycles. The lowest BCUT2D eigenvalue weighted by molar-refractivity contribution is 0.738. The van der Waals surface area contributed by atoms with Gasteiger partial charge in [0.05, 0.1) is 0 Å². The Morgan fingerprint density at radius 1 is 1.55 bits per heavy atom. The van der Waals surface area contributed by atoms with E-state index in [0.29, 0.717) is 12.5 Å². The Morgan fingerprint density at radius 2 is 2.27 bits per heavy atom. The fourth-order valence-corrected chi connectivity index (χ4v) is 0.865. The third kappa shape index (κ3) is 1.98. The van der Waals surface area contributed by atoms with Crippen LogP contribution in [-0.2, 0) is 0 Å². The summed E-state index contributed by atoms with van der Waals surface area (Å²) >= 11 is 0. The summed E-state index contributed by atoms with van der Waals surface area (Å²) in [5, 5.41) is 0. The van der Waals surface area contributed by atoms with Crippen molar-refractivity contribution in [3.05, 3.63) is 23.8 Å². The molecule has 0 spiro atoms. The molecule has 2 N–H and O–H groups in total. The van der Waals surface area contributed by atoms with E-state index in [-0.39, 0.29) is 0 Å². The average molecular weight is 151 g/mol. The van der Waals surface area contributed by atoms with E-state index in [9.17, 15) is 0 Å². The quantitative estimate of drug-likeness (QED) is 0.681. The molecule has 0 saturated heterocycles. The van der Waals surface area contributed by atoms with Crippen LogP contribution in [0.2, 0.25) is 0 Å². The zero-order valence-electron chi connectivity index (χ0n) is 6.91. The van der Waals surface area contributed by atoms with Gasteiger partial charge in [0.2, 0.25) is 0 Å². The molecule has 11 heavy (non-hydrogen) atoms. The van der Waals surface area contributed by atoms with E-state index in [0.717, 1.165) is 11.4 Å². The number of nitrogens with zero attached hydrogens (tertiary/aromatic N) is 2. The first kappa shape index (κ1) is 8.14. The molecule has 0 amide bonds. The summed E-state index contributed by atoms with van der Waals surface area (Å²) in [6.45, 7) is 4.65. The molecule has 0 aliphatic carbocycles. The van der Waals surface area contributed by atoms with E-state index in [1.807, 2.05) is 13.0 Å². The molecule has 60 valence electrons. The van der Waals surface area contributed by atoms with Crippen molar-refractivity contribution < 1.29 is 0 Å². The molecule has 3 heteroatoms. The summed E-state index contributed by atoms with van der Waals surface area (Å²) in [7, 11) is 0. The van der Waals surface area contributed by atoms with Gasteiger partial charge in [0.1, 0.15) is 6.33 Å². The number of aryl methyl sites for hydroxylation is 1. The molecule has 3 nitrogen and oxygen atoms in total. The maximum Gasteiger partial charge on any atom is 0.115 e. The smallest absolute Gasteiger partial charge is 0.115 e. The molecule has 1 aromatic rings.